The summed E-state index contributed by atoms with van der Waals surface area (Å²) in [4.78, 5) is 15.9. The van der Waals surface area contributed by atoms with Crippen molar-refractivity contribution in [2.24, 2.45) is 16.7 Å². The van der Waals surface area contributed by atoms with E-state index in [1.165, 1.54) is 46.0 Å². The predicted octanol–water partition coefficient (Wildman–Crippen LogP) is -2.10. The summed E-state index contributed by atoms with van der Waals surface area (Å²) < 4.78 is 11.8. The number of rotatable bonds is 4. The number of H-pyrrole nitrogens is 1. The van der Waals surface area contributed by atoms with Gasteiger partial charge in [0, 0.05) is 30.6 Å². The van der Waals surface area contributed by atoms with Gasteiger partial charge in [0.25, 0.3) is 0 Å². The lowest BCUT2D eigenvalue weighted by molar-refractivity contribution is -0.398. The Labute approximate surface area is 212 Å². The number of hydrogen-bond donors (Lipinski definition) is 9. The molecule has 1 aromatic rings. The van der Waals surface area contributed by atoms with Gasteiger partial charge in [0.1, 0.15) is 34.2 Å². The number of ether oxygens (including phenoxy) is 2. The molecule has 2 saturated heterocycles. The molecule has 0 radical (unpaired) electrons. The molecule has 1 aromatic heterocycles. The molecule has 4 saturated carbocycles. The average molecular weight is 526 g/mol. The number of carbonyl (C=O) groups is 1. The van der Waals surface area contributed by atoms with Gasteiger partial charge in [-0.25, -0.2) is 4.79 Å². The van der Waals surface area contributed by atoms with Crippen molar-refractivity contribution in [2.45, 2.75) is 98.6 Å². The molecule has 0 aromatic carbocycles. The molecule has 3 heterocycles. The van der Waals surface area contributed by atoms with E-state index < -0.39 is 87.3 Å². The lowest BCUT2D eigenvalue weighted by atomic mass is 9.52. The van der Waals surface area contributed by atoms with Crippen LogP contribution in [-0.4, -0.2) is 110 Å². The lowest BCUT2D eigenvalue weighted by Crippen LogP contribution is -2.78. The SMILES string of the molecule is CC(CO)C1(O)C(OC(=O)c2ccc[nH]2)C2(O)C3(C)CC4(O)OC5(C(O)C(C)(O)CCC35O)C2(O)C41C. The lowest BCUT2D eigenvalue weighted by Gasteiger charge is -2.61. The highest BCUT2D eigenvalue weighted by Gasteiger charge is 3.10. The summed E-state index contributed by atoms with van der Waals surface area (Å²) in [5.41, 5.74) is -19.2. The van der Waals surface area contributed by atoms with Crippen molar-refractivity contribution < 1.29 is 55.1 Å². The Bertz CT molecular complexity index is 1190. The Morgan fingerprint density at radius 3 is 2.38 bits per heavy atom. The predicted molar refractivity (Wildman–Crippen MR) is 122 cm³/mol. The molecule has 206 valence electrons. The van der Waals surface area contributed by atoms with Gasteiger partial charge < -0.3 is 55.3 Å². The van der Waals surface area contributed by atoms with Crippen LogP contribution in [0.3, 0.4) is 0 Å². The first-order valence-corrected chi connectivity index (χ1v) is 12.6. The fourth-order valence-corrected chi connectivity index (χ4v) is 9.55. The van der Waals surface area contributed by atoms with Crippen LogP contribution in [0.25, 0.3) is 0 Å². The summed E-state index contributed by atoms with van der Waals surface area (Å²) in [5.74, 6) is -4.72. The average Bonchev–Trinajstić information content (AvgIpc) is 3.46. The highest BCUT2D eigenvalue weighted by molar-refractivity contribution is 5.87. The van der Waals surface area contributed by atoms with E-state index in [0.29, 0.717) is 0 Å². The number of aromatic amines is 1. The monoisotopic (exact) mass is 525 g/mol. The topological polar surface area (TPSA) is 213 Å². The van der Waals surface area contributed by atoms with E-state index in [4.69, 9.17) is 9.47 Å². The molecular formula is C25H35NO11. The minimum absolute atomic E-state index is 0.0314. The molecular weight excluding hydrogens is 490 g/mol. The number of aliphatic hydroxyl groups is 8. The van der Waals surface area contributed by atoms with E-state index in [1.807, 2.05) is 0 Å². The number of aliphatic hydroxyl groups excluding tert-OH is 2. The van der Waals surface area contributed by atoms with Crippen LogP contribution in [0, 0.1) is 16.7 Å². The summed E-state index contributed by atoms with van der Waals surface area (Å²) in [5, 5.41) is 95.3. The van der Waals surface area contributed by atoms with Crippen LogP contribution in [0.2, 0.25) is 0 Å². The normalized spacial score (nSPS) is 60.0. The zero-order chi connectivity index (χ0) is 27.5. The highest BCUT2D eigenvalue weighted by Crippen LogP contribution is 2.90. The third kappa shape index (κ3) is 1.94. The van der Waals surface area contributed by atoms with E-state index in [2.05, 4.69) is 4.98 Å². The summed E-state index contributed by atoms with van der Waals surface area (Å²) in [6, 6.07) is 2.93. The minimum Gasteiger partial charge on any atom is -0.451 e. The second-order valence-electron chi connectivity index (χ2n) is 12.6. The standard InChI is InChI=1S/C25H35NO11/c1-12(10-27)22(33)16(36-14(28)13-6-5-9-26-13)23(34)18(3)11-21(32)19(22,4)25(23,35)24(37-21)15(29)17(2,30)7-8-20(18,24)31/h5-6,9,12,15-16,26-27,29-35H,7-8,10-11H2,1-4H3. The molecule has 12 unspecified atom stereocenters. The molecule has 4 aliphatic carbocycles. The summed E-state index contributed by atoms with van der Waals surface area (Å²) in [6.45, 7) is 4.57. The zero-order valence-electron chi connectivity index (χ0n) is 21.1. The van der Waals surface area contributed by atoms with E-state index in [1.54, 1.807) is 0 Å². The van der Waals surface area contributed by atoms with Crippen LogP contribution in [0.1, 0.15) is 57.4 Å². The maximum Gasteiger partial charge on any atom is 0.355 e. The van der Waals surface area contributed by atoms with E-state index >= 15 is 0 Å². The van der Waals surface area contributed by atoms with Crippen molar-refractivity contribution in [2.75, 3.05) is 6.61 Å². The van der Waals surface area contributed by atoms with Gasteiger partial charge in [-0.15, -0.1) is 0 Å². The zero-order valence-corrected chi connectivity index (χ0v) is 21.1. The largest absolute Gasteiger partial charge is 0.451 e. The molecule has 0 amide bonds. The molecule has 12 nitrogen and oxygen atoms in total. The first-order valence-electron chi connectivity index (χ1n) is 12.6. The fraction of sp³-hybridized carbons (Fsp3) is 0.800. The van der Waals surface area contributed by atoms with Crippen molar-refractivity contribution >= 4 is 5.97 Å². The molecule has 37 heavy (non-hydrogen) atoms. The molecule has 6 bridgehead atoms. The summed E-state index contributed by atoms with van der Waals surface area (Å²) in [7, 11) is 0. The van der Waals surface area contributed by atoms with Crippen molar-refractivity contribution in [1.82, 2.24) is 4.98 Å². The Hall–Kier alpha value is -1.61. The van der Waals surface area contributed by atoms with Gasteiger partial charge in [0.15, 0.2) is 17.5 Å². The van der Waals surface area contributed by atoms with Gasteiger partial charge in [-0.05, 0) is 38.8 Å². The summed E-state index contributed by atoms with van der Waals surface area (Å²) in [6.07, 6.45) is -3.51. The fourth-order valence-electron chi connectivity index (χ4n) is 9.55. The molecule has 12 atom stereocenters. The highest BCUT2D eigenvalue weighted by atomic mass is 16.7. The van der Waals surface area contributed by atoms with Crippen molar-refractivity contribution in [1.29, 1.82) is 0 Å². The maximum atomic E-state index is 13.2. The number of aromatic nitrogens is 1. The minimum atomic E-state index is -2.88. The second kappa shape index (κ2) is 6.40. The Morgan fingerprint density at radius 2 is 1.81 bits per heavy atom. The van der Waals surface area contributed by atoms with Gasteiger partial charge in [0.05, 0.1) is 11.0 Å². The van der Waals surface area contributed by atoms with Crippen molar-refractivity contribution in [3.05, 3.63) is 24.0 Å². The molecule has 7 rings (SSSR count). The third-order valence-corrected chi connectivity index (χ3v) is 11.5. The van der Waals surface area contributed by atoms with Gasteiger partial charge in [-0.1, -0.05) is 13.8 Å². The molecule has 2 aliphatic heterocycles. The van der Waals surface area contributed by atoms with Crippen molar-refractivity contribution in [3.63, 3.8) is 0 Å². The van der Waals surface area contributed by atoms with E-state index in [0.717, 1.165) is 0 Å². The quantitative estimate of drug-likeness (QED) is 0.194. The number of hydrogen-bond acceptors (Lipinski definition) is 11. The van der Waals surface area contributed by atoms with Crippen LogP contribution < -0.4 is 0 Å². The van der Waals surface area contributed by atoms with Gasteiger partial charge in [0.2, 0.25) is 0 Å². The van der Waals surface area contributed by atoms with Crippen LogP contribution in [0.4, 0.5) is 0 Å². The number of carbonyl (C=O) groups excluding carboxylic acids is 1. The smallest absolute Gasteiger partial charge is 0.355 e. The first-order chi connectivity index (χ1) is 16.9. The van der Waals surface area contributed by atoms with Gasteiger partial charge in [-0.2, -0.15) is 0 Å². The molecule has 9 N–H and O–H groups in total. The van der Waals surface area contributed by atoms with Gasteiger partial charge in [-0.3, -0.25) is 0 Å². The van der Waals surface area contributed by atoms with E-state index in [9.17, 15) is 45.6 Å². The first kappa shape index (κ1) is 25.7. The van der Waals surface area contributed by atoms with Crippen LogP contribution in [0.5, 0.6) is 0 Å². The Balaban J connectivity index is 1.70. The molecule has 12 heteroatoms. The van der Waals surface area contributed by atoms with Crippen LogP contribution in [0.15, 0.2) is 18.3 Å². The van der Waals surface area contributed by atoms with Crippen LogP contribution >= 0.6 is 0 Å². The second-order valence-corrected chi connectivity index (χ2v) is 12.6. The summed E-state index contributed by atoms with van der Waals surface area (Å²) >= 11 is 0. The molecule has 6 fully saturated rings. The van der Waals surface area contributed by atoms with Gasteiger partial charge >= 0.3 is 5.97 Å². The third-order valence-electron chi connectivity index (χ3n) is 11.5. The molecule has 6 aliphatic rings. The Kier molecular flexibility index (Phi) is 4.44. The Morgan fingerprint density at radius 1 is 1.16 bits per heavy atom. The number of nitrogens with one attached hydrogen (secondary N) is 1. The van der Waals surface area contributed by atoms with Crippen molar-refractivity contribution in [3.8, 4) is 0 Å². The maximum absolute atomic E-state index is 13.2. The molecule has 1 spiro atoms. The van der Waals surface area contributed by atoms with Crippen LogP contribution in [-0.2, 0) is 9.47 Å². The number of esters is 1. The van der Waals surface area contributed by atoms with E-state index in [-0.39, 0.29) is 18.5 Å².